The standard InChI is InChI=1S/C10H14N4/c1-6(2)7-5-13-10-9(7)8(14-11)3-4-12-10/h3-6H,11H2,1-2H3,(H2,12,13,14). The molecule has 0 unspecified atom stereocenters. The van der Waals surface area contributed by atoms with Crippen LogP contribution in [0, 0.1) is 0 Å². The predicted molar refractivity (Wildman–Crippen MR) is 58.0 cm³/mol. The molecular weight excluding hydrogens is 176 g/mol. The van der Waals surface area contributed by atoms with Gasteiger partial charge in [-0.25, -0.2) is 4.98 Å². The number of pyridine rings is 1. The molecule has 2 heterocycles. The van der Waals surface area contributed by atoms with Crippen molar-refractivity contribution in [3.63, 3.8) is 0 Å². The molecule has 2 rings (SSSR count). The van der Waals surface area contributed by atoms with Crippen LogP contribution in [0.4, 0.5) is 5.69 Å². The van der Waals surface area contributed by atoms with Gasteiger partial charge in [0, 0.05) is 17.8 Å². The van der Waals surface area contributed by atoms with E-state index in [0.717, 1.165) is 16.7 Å². The molecule has 0 saturated carbocycles. The molecule has 0 aliphatic rings. The molecule has 0 fully saturated rings. The Balaban J connectivity index is 2.74. The fraction of sp³-hybridized carbons (Fsp3) is 0.300. The van der Waals surface area contributed by atoms with Gasteiger partial charge >= 0.3 is 0 Å². The minimum Gasteiger partial charge on any atom is -0.346 e. The quantitative estimate of drug-likeness (QED) is 0.501. The summed E-state index contributed by atoms with van der Waals surface area (Å²) in [4.78, 5) is 7.38. The second-order valence-corrected chi connectivity index (χ2v) is 3.63. The molecule has 0 aliphatic heterocycles. The summed E-state index contributed by atoms with van der Waals surface area (Å²) in [6.07, 6.45) is 3.72. The third-order valence-corrected chi connectivity index (χ3v) is 2.38. The molecule has 0 radical (unpaired) electrons. The zero-order valence-corrected chi connectivity index (χ0v) is 8.33. The summed E-state index contributed by atoms with van der Waals surface area (Å²) in [6, 6.07) is 1.88. The maximum absolute atomic E-state index is 5.45. The third-order valence-electron chi connectivity index (χ3n) is 2.38. The van der Waals surface area contributed by atoms with Crippen molar-refractivity contribution < 1.29 is 0 Å². The Hall–Kier alpha value is -1.55. The smallest absolute Gasteiger partial charge is 0.139 e. The zero-order chi connectivity index (χ0) is 10.1. The summed E-state index contributed by atoms with van der Waals surface area (Å²) < 4.78 is 0. The topological polar surface area (TPSA) is 66.7 Å². The lowest BCUT2D eigenvalue weighted by molar-refractivity contribution is 0.875. The van der Waals surface area contributed by atoms with E-state index in [2.05, 4.69) is 29.2 Å². The summed E-state index contributed by atoms with van der Waals surface area (Å²) in [5.41, 5.74) is 5.72. The Labute approximate surface area is 82.5 Å². The Kier molecular flexibility index (Phi) is 2.13. The highest BCUT2D eigenvalue weighted by Gasteiger charge is 2.11. The fourth-order valence-corrected chi connectivity index (χ4v) is 1.66. The number of aromatic amines is 1. The molecule has 2 aromatic rings. The van der Waals surface area contributed by atoms with Crippen LogP contribution in [0.2, 0.25) is 0 Å². The number of nitrogens with zero attached hydrogens (tertiary/aromatic N) is 1. The number of nitrogen functional groups attached to an aromatic ring is 1. The van der Waals surface area contributed by atoms with Crippen LogP contribution in [-0.2, 0) is 0 Å². The van der Waals surface area contributed by atoms with Crippen LogP contribution >= 0.6 is 0 Å². The highest BCUT2D eigenvalue weighted by Crippen LogP contribution is 2.29. The average molecular weight is 190 g/mol. The van der Waals surface area contributed by atoms with E-state index >= 15 is 0 Å². The lowest BCUT2D eigenvalue weighted by Gasteiger charge is -2.06. The fourth-order valence-electron chi connectivity index (χ4n) is 1.66. The number of nitrogens with two attached hydrogens (primary N) is 1. The Morgan fingerprint density at radius 2 is 2.29 bits per heavy atom. The molecule has 0 atom stereocenters. The number of nitrogens with one attached hydrogen (secondary N) is 2. The van der Waals surface area contributed by atoms with E-state index in [9.17, 15) is 0 Å². The maximum atomic E-state index is 5.45. The van der Waals surface area contributed by atoms with Gasteiger partial charge in [-0.3, -0.25) is 5.84 Å². The van der Waals surface area contributed by atoms with E-state index in [1.54, 1.807) is 6.20 Å². The largest absolute Gasteiger partial charge is 0.346 e. The van der Waals surface area contributed by atoms with Gasteiger partial charge in [0.15, 0.2) is 0 Å². The minimum atomic E-state index is 0.458. The monoisotopic (exact) mass is 190 g/mol. The van der Waals surface area contributed by atoms with Gasteiger partial charge in [0.05, 0.1) is 5.69 Å². The molecule has 74 valence electrons. The first-order valence-corrected chi connectivity index (χ1v) is 4.66. The number of anilines is 1. The lowest BCUT2D eigenvalue weighted by Crippen LogP contribution is -2.07. The number of hydrazine groups is 1. The predicted octanol–water partition coefficient (Wildman–Crippen LogP) is 1.97. The Bertz CT molecular complexity index is 444. The summed E-state index contributed by atoms with van der Waals surface area (Å²) >= 11 is 0. The molecule has 0 spiro atoms. The first-order valence-electron chi connectivity index (χ1n) is 4.66. The van der Waals surface area contributed by atoms with Gasteiger partial charge in [-0.1, -0.05) is 13.8 Å². The van der Waals surface area contributed by atoms with Crippen LogP contribution in [0.5, 0.6) is 0 Å². The first kappa shape index (κ1) is 9.02. The normalized spacial score (nSPS) is 11.1. The van der Waals surface area contributed by atoms with Crippen LogP contribution in [-0.4, -0.2) is 9.97 Å². The number of hydrogen-bond acceptors (Lipinski definition) is 3. The van der Waals surface area contributed by atoms with Crippen molar-refractivity contribution in [2.75, 3.05) is 5.43 Å². The van der Waals surface area contributed by atoms with Crippen LogP contribution in [0.1, 0.15) is 25.3 Å². The number of aromatic nitrogens is 2. The van der Waals surface area contributed by atoms with Crippen molar-refractivity contribution in [2.24, 2.45) is 5.84 Å². The SMILES string of the molecule is CC(C)c1c[nH]c2nccc(NN)c12. The summed E-state index contributed by atoms with van der Waals surface area (Å²) in [7, 11) is 0. The molecule has 4 heteroatoms. The summed E-state index contributed by atoms with van der Waals surface area (Å²) in [6.45, 7) is 4.30. The van der Waals surface area contributed by atoms with E-state index < -0.39 is 0 Å². The van der Waals surface area contributed by atoms with Gasteiger partial charge in [-0.2, -0.15) is 0 Å². The van der Waals surface area contributed by atoms with Gasteiger partial charge in [0.2, 0.25) is 0 Å². The molecule has 0 bridgehead atoms. The molecule has 0 aliphatic carbocycles. The highest BCUT2D eigenvalue weighted by molar-refractivity contribution is 5.92. The van der Waals surface area contributed by atoms with Crippen molar-refractivity contribution in [2.45, 2.75) is 19.8 Å². The molecule has 14 heavy (non-hydrogen) atoms. The molecule has 0 saturated heterocycles. The van der Waals surface area contributed by atoms with Crippen molar-refractivity contribution >= 4 is 16.7 Å². The highest BCUT2D eigenvalue weighted by atomic mass is 15.2. The van der Waals surface area contributed by atoms with Crippen LogP contribution in [0.15, 0.2) is 18.5 Å². The number of rotatable bonds is 2. The van der Waals surface area contributed by atoms with E-state index in [1.807, 2.05) is 12.3 Å². The van der Waals surface area contributed by atoms with Gasteiger partial charge in [0.25, 0.3) is 0 Å². The Morgan fingerprint density at radius 3 is 2.93 bits per heavy atom. The van der Waals surface area contributed by atoms with Crippen LogP contribution in [0.25, 0.3) is 11.0 Å². The number of hydrogen-bond donors (Lipinski definition) is 3. The van der Waals surface area contributed by atoms with E-state index in [0.29, 0.717) is 5.92 Å². The zero-order valence-electron chi connectivity index (χ0n) is 8.33. The molecular formula is C10H14N4. The van der Waals surface area contributed by atoms with Crippen molar-refractivity contribution in [3.8, 4) is 0 Å². The van der Waals surface area contributed by atoms with E-state index in [1.165, 1.54) is 5.56 Å². The van der Waals surface area contributed by atoms with Crippen molar-refractivity contribution in [3.05, 3.63) is 24.0 Å². The average Bonchev–Trinajstić information content (AvgIpc) is 2.60. The summed E-state index contributed by atoms with van der Waals surface area (Å²) in [5, 5.41) is 1.09. The van der Waals surface area contributed by atoms with Crippen molar-refractivity contribution in [1.29, 1.82) is 0 Å². The van der Waals surface area contributed by atoms with Gasteiger partial charge in [-0.05, 0) is 17.5 Å². The lowest BCUT2D eigenvalue weighted by atomic mass is 10.0. The maximum Gasteiger partial charge on any atom is 0.139 e. The molecule has 4 nitrogen and oxygen atoms in total. The van der Waals surface area contributed by atoms with Crippen molar-refractivity contribution in [1.82, 2.24) is 9.97 Å². The van der Waals surface area contributed by atoms with E-state index in [-0.39, 0.29) is 0 Å². The van der Waals surface area contributed by atoms with Gasteiger partial charge in [0.1, 0.15) is 5.65 Å². The second-order valence-electron chi connectivity index (χ2n) is 3.63. The number of H-pyrrole nitrogens is 1. The molecule has 2 aromatic heterocycles. The number of fused-ring (bicyclic) bond motifs is 1. The minimum absolute atomic E-state index is 0.458. The Morgan fingerprint density at radius 1 is 1.50 bits per heavy atom. The second kappa shape index (κ2) is 3.31. The third kappa shape index (κ3) is 1.24. The van der Waals surface area contributed by atoms with Crippen LogP contribution in [0.3, 0.4) is 0 Å². The van der Waals surface area contributed by atoms with Gasteiger partial charge < -0.3 is 10.4 Å². The molecule has 0 aromatic carbocycles. The van der Waals surface area contributed by atoms with E-state index in [4.69, 9.17) is 5.84 Å². The molecule has 4 N–H and O–H groups in total. The van der Waals surface area contributed by atoms with Crippen LogP contribution < -0.4 is 11.3 Å². The molecule has 0 amide bonds. The summed E-state index contributed by atoms with van der Waals surface area (Å²) in [5.74, 6) is 5.91. The first-order chi connectivity index (χ1) is 6.74. The van der Waals surface area contributed by atoms with Gasteiger partial charge in [-0.15, -0.1) is 0 Å².